The first-order valence-electron chi connectivity index (χ1n) is 10.3. The Labute approximate surface area is 167 Å². The Morgan fingerprint density at radius 2 is 1.83 bits per heavy atom. The van der Waals surface area contributed by atoms with E-state index >= 15 is 0 Å². The van der Waals surface area contributed by atoms with Gasteiger partial charge in [-0.25, -0.2) is 4.79 Å². The Morgan fingerprint density at radius 3 is 2.48 bits per heavy atom. The third kappa shape index (κ3) is 4.96. The van der Waals surface area contributed by atoms with Crippen LogP contribution < -0.4 is 11.2 Å². The van der Waals surface area contributed by atoms with Crippen LogP contribution in [0, 0.1) is 0 Å². The maximum atomic E-state index is 12.3. The molecule has 10 nitrogen and oxygen atoms in total. The van der Waals surface area contributed by atoms with Gasteiger partial charge in [-0.1, -0.05) is 0 Å². The summed E-state index contributed by atoms with van der Waals surface area (Å²) in [6.45, 7) is 1.34. The summed E-state index contributed by atoms with van der Waals surface area (Å²) in [5.41, 5.74) is -1.14. The molecule has 0 aromatic carbocycles. The Balaban J connectivity index is 1.49. The fourth-order valence-corrected chi connectivity index (χ4v) is 3.89. The quantitative estimate of drug-likeness (QED) is 0.682. The molecule has 1 aromatic heterocycles. The van der Waals surface area contributed by atoms with Crippen LogP contribution in [0.5, 0.6) is 0 Å². The molecular weight excluding hydrogens is 384 g/mol. The summed E-state index contributed by atoms with van der Waals surface area (Å²) < 4.78 is 30.1. The summed E-state index contributed by atoms with van der Waals surface area (Å²) in [6, 6.07) is 1.23. The third-order valence-electron chi connectivity index (χ3n) is 5.47. The average Bonchev–Trinajstić information content (AvgIpc) is 3.03. The molecule has 162 valence electrons. The SMILES string of the molecule is O=c1ccn([C@@H]2O[C@H](COC3CCCCO3)[C@@H](O)[C@H]2OC2CCCCO2)c(=O)[nH]1. The Bertz CT molecular complexity index is 768. The van der Waals surface area contributed by atoms with Crippen molar-refractivity contribution in [1.29, 1.82) is 0 Å². The minimum absolute atomic E-state index is 0.103. The van der Waals surface area contributed by atoms with Crippen molar-refractivity contribution in [2.24, 2.45) is 0 Å². The monoisotopic (exact) mass is 412 g/mol. The Morgan fingerprint density at radius 1 is 1.10 bits per heavy atom. The molecule has 0 aliphatic carbocycles. The highest BCUT2D eigenvalue weighted by Gasteiger charge is 2.47. The second-order valence-corrected chi connectivity index (χ2v) is 7.60. The summed E-state index contributed by atoms with van der Waals surface area (Å²) in [4.78, 5) is 25.9. The van der Waals surface area contributed by atoms with Crippen molar-refractivity contribution in [3.63, 3.8) is 0 Å². The van der Waals surface area contributed by atoms with Crippen molar-refractivity contribution in [3.8, 4) is 0 Å². The number of aliphatic hydroxyl groups excluding tert-OH is 1. The molecule has 0 bridgehead atoms. The summed E-state index contributed by atoms with van der Waals surface area (Å²) in [7, 11) is 0. The van der Waals surface area contributed by atoms with E-state index in [1.165, 1.54) is 16.8 Å². The highest BCUT2D eigenvalue weighted by Crippen LogP contribution is 2.33. The molecule has 1 aromatic rings. The molecule has 6 atom stereocenters. The standard InChI is InChI=1S/C19H28N2O8/c22-13-7-8-21(19(24)20-13)18-17(29-15-6-2-4-10-26-15)16(23)12(28-18)11-27-14-5-1-3-9-25-14/h7-8,12,14-18,23H,1-6,9-11H2,(H,20,22,24)/t12-,14?,15?,16-,17-,18-/m1/s1. The highest BCUT2D eigenvalue weighted by molar-refractivity contribution is 4.94. The minimum Gasteiger partial charge on any atom is -0.387 e. The molecule has 3 saturated heterocycles. The zero-order valence-electron chi connectivity index (χ0n) is 16.2. The van der Waals surface area contributed by atoms with E-state index in [2.05, 4.69) is 4.98 Å². The van der Waals surface area contributed by atoms with Crippen LogP contribution in [-0.2, 0) is 23.7 Å². The van der Waals surface area contributed by atoms with Gasteiger partial charge in [0.25, 0.3) is 5.56 Å². The van der Waals surface area contributed by atoms with Gasteiger partial charge >= 0.3 is 5.69 Å². The van der Waals surface area contributed by atoms with Crippen LogP contribution in [-0.4, -0.2) is 65.4 Å². The highest BCUT2D eigenvalue weighted by atomic mass is 16.7. The molecule has 4 rings (SSSR count). The van der Waals surface area contributed by atoms with Gasteiger partial charge in [0.05, 0.1) is 6.61 Å². The minimum atomic E-state index is -1.03. The smallest absolute Gasteiger partial charge is 0.330 e. The normalized spacial score (nSPS) is 35.6. The number of ether oxygens (including phenoxy) is 5. The lowest BCUT2D eigenvalue weighted by molar-refractivity contribution is -0.215. The van der Waals surface area contributed by atoms with Crippen LogP contribution >= 0.6 is 0 Å². The third-order valence-corrected chi connectivity index (χ3v) is 5.47. The maximum absolute atomic E-state index is 12.3. The lowest BCUT2D eigenvalue weighted by atomic mass is 10.1. The number of rotatable bonds is 6. The number of aliphatic hydroxyl groups is 1. The van der Waals surface area contributed by atoms with Gasteiger partial charge in [0.1, 0.15) is 18.3 Å². The Kier molecular flexibility index (Phi) is 6.78. The average molecular weight is 412 g/mol. The lowest BCUT2D eigenvalue weighted by Gasteiger charge is -2.29. The van der Waals surface area contributed by atoms with Gasteiger partial charge in [-0.15, -0.1) is 0 Å². The van der Waals surface area contributed by atoms with Crippen LogP contribution in [0.2, 0.25) is 0 Å². The first-order valence-corrected chi connectivity index (χ1v) is 10.3. The van der Waals surface area contributed by atoms with Crippen molar-refractivity contribution < 1.29 is 28.8 Å². The van der Waals surface area contributed by atoms with Gasteiger partial charge in [-0.2, -0.15) is 0 Å². The van der Waals surface area contributed by atoms with Gasteiger partial charge in [0.15, 0.2) is 18.8 Å². The number of hydrogen-bond acceptors (Lipinski definition) is 8. The van der Waals surface area contributed by atoms with E-state index < -0.39 is 42.1 Å². The maximum Gasteiger partial charge on any atom is 0.330 e. The van der Waals surface area contributed by atoms with Crippen molar-refractivity contribution in [2.75, 3.05) is 19.8 Å². The zero-order chi connectivity index (χ0) is 20.2. The number of aromatic nitrogens is 2. The molecule has 29 heavy (non-hydrogen) atoms. The molecule has 3 aliphatic rings. The fraction of sp³-hybridized carbons (Fsp3) is 0.789. The van der Waals surface area contributed by atoms with Crippen LogP contribution in [0.4, 0.5) is 0 Å². The molecule has 10 heteroatoms. The van der Waals surface area contributed by atoms with E-state index in [9.17, 15) is 14.7 Å². The van der Waals surface area contributed by atoms with Crippen LogP contribution in [0.25, 0.3) is 0 Å². The van der Waals surface area contributed by atoms with Crippen molar-refractivity contribution in [2.45, 2.75) is 75.6 Å². The van der Waals surface area contributed by atoms with Crippen LogP contribution in [0.1, 0.15) is 44.8 Å². The van der Waals surface area contributed by atoms with Gasteiger partial charge in [-0.05, 0) is 38.5 Å². The summed E-state index contributed by atoms with van der Waals surface area (Å²) in [6.07, 6.45) is 2.49. The molecule has 0 spiro atoms. The number of nitrogens with one attached hydrogen (secondary N) is 1. The molecule has 0 saturated carbocycles. The fourth-order valence-electron chi connectivity index (χ4n) is 3.89. The summed E-state index contributed by atoms with van der Waals surface area (Å²) >= 11 is 0. The number of hydrogen-bond donors (Lipinski definition) is 2. The summed E-state index contributed by atoms with van der Waals surface area (Å²) in [5.74, 6) is 0. The van der Waals surface area contributed by atoms with E-state index in [-0.39, 0.29) is 12.9 Å². The molecule has 3 aliphatic heterocycles. The second kappa shape index (κ2) is 9.50. The van der Waals surface area contributed by atoms with Crippen LogP contribution in [0.15, 0.2) is 21.9 Å². The zero-order valence-corrected chi connectivity index (χ0v) is 16.2. The Hall–Kier alpha value is -1.56. The van der Waals surface area contributed by atoms with Gasteiger partial charge in [0.2, 0.25) is 0 Å². The number of H-pyrrole nitrogens is 1. The van der Waals surface area contributed by atoms with E-state index in [1.807, 2.05) is 0 Å². The lowest BCUT2D eigenvalue weighted by Crippen LogP contribution is -2.42. The molecule has 0 radical (unpaired) electrons. The van der Waals surface area contributed by atoms with Gasteiger partial charge in [0, 0.05) is 25.5 Å². The molecule has 2 N–H and O–H groups in total. The molecule has 0 amide bonds. The second-order valence-electron chi connectivity index (χ2n) is 7.60. The van der Waals surface area contributed by atoms with E-state index in [0.717, 1.165) is 32.1 Å². The predicted molar refractivity (Wildman–Crippen MR) is 99.2 cm³/mol. The van der Waals surface area contributed by atoms with E-state index in [0.29, 0.717) is 19.6 Å². The van der Waals surface area contributed by atoms with Crippen molar-refractivity contribution >= 4 is 0 Å². The number of nitrogens with zero attached hydrogens (tertiary/aromatic N) is 1. The van der Waals surface area contributed by atoms with Crippen LogP contribution in [0.3, 0.4) is 0 Å². The predicted octanol–water partition coefficient (Wildman–Crippen LogP) is 0.250. The molecular formula is C19H28N2O8. The largest absolute Gasteiger partial charge is 0.387 e. The van der Waals surface area contributed by atoms with Crippen molar-refractivity contribution in [1.82, 2.24) is 9.55 Å². The van der Waals surface area contributed by atoms with Gasteiger partial charge < -0.3 is 28.8 Å². The van der Waals surface area contributed by atoms with Gasteiger partial charge in [-0.3, -0.25) is 14.3 Å². The first kappa shape index (κ1) is 20.7. The number of aromatic amines is 1. The topological polar surface area (TPSA) is 121 Å². The summed E-state index contributed by atoms with van der Waals surface area (Å²) in [5, 5.41) is 10.9. The van der Waals surface area contributed by atoms with Crippen molar-refractivity contribution in [3.05, 3.63) is 33.1 Å². The first-order chi connectivity index (χ1) is 14.1. The molecule has 4 heterocycles. The van der Waals surface area contributed by atoms with E-state index in [4.69, 9.17) is 23.7 Å². The van der Waals surface area contributed by atoms with E-state index in [1.54, 1.807) is 0 Å². The molecule has 2 unspecified atom stereocenters. The molecule has 3 fully saturated rings.